The Morgan fingerprint density at radius 1 is 1.33 bits per heavy atom. The van der Waals surface area contributed by atoms with Crippen LogP contribution in [0.25, 0.3) is 12.2 Å². The van der Waals surface area contributed by atoms with Crippen LogP contribution in [-0.4, -0.2) is 24.5 Å². The summed E-state index contributed by atoms with van der Waals surface area (Å²) >= 11 is 0. The van der Waals surface area contributed by atoms with Gasteiger partial charge in [0, 0.05) is 6.07 Å². The summed E-state index contributed by atoms with van der Waals surface area (Å²) in [4.78, 5) is 0. The Morgan fingerprint density at radius 2 is 2.19 bits per heavy atom. The first-order valence-electron chi connectivity index (χ1n) is 7.20. The van der Waals surface area contributed by atoms with Crippen molar-refractivity contribution >= 4 is 12.2 Å². The van der Waals surface area contributed by atoms with Gasteiger partial charge in [0.2, 0.25) is 0 Å². The van der Waals surface area contributed by atoms with E-state index in [-0.39, 0.29) is 6.10 Å². The molecule has 3 rings (SSSR count). The van der Waals surface area contributed by atoms with Crippen molar-refractivity contribution in [1.82, 2.24) is 5.16 Å². The van der Waals surface area contributed by atoms with Crippen LogP contribution >= 0.6 is 0 Å². The van der Waals surface area contributed by atoms with Gasteiger partial charge in [-0.15, -0.1) is 0 Å². The Balaban J connectivity index is 1.64. The van der Waals surface area contributed by atoms with Crippen LogP contribution in [0.1, 0.15) is 36.8 Å². The van der Waals surface area contributed by atoms with Crippen molar-refractivity contribution in [3.8, 4) is 5.75 Å². The van der Waals surface area contributed by atoms with Crippen molar-refractivity contribution in [3.63, 3.8) is 0 Å². The average molecular weight is 285 g/mol. The summed E-state index contributed by atoms with van der Waals surface area (Å²) in [5.41, 5.74) is 2.03. The third-order valence-electron chi connectivity index (χ3n) is 3.27. The van der Waals surface area contributed by atoms with Crippen LogP contribution in [0, 0.1) is 0 Å². The Bertz CT molecular complexity index is 626. The molecule has 21 heavy (non-hydrogen) atoms. The van der Waals surface area contributed by atoms with Gasteiger partial charge in [-0.1, -0.05) is 37.2 Å². The number of hydrogen-bond donors (Lipinski definition) is 0. The molecule has 110 valence electrons. The molecule has 1 aromatic heterocycles. The SMILES string of the molecule is CC(C)c1cc(/C=C/c2cccc(OCC3CO3)c2)on1. The fourth-order valence-corrected chi connectivity index (χ4v) is 1.89. The van der Waals surface area contributed by atoms with Crippen LogP contribution in [-0.2, 0) is 4.74 Å². The lowest BCUT2D eigenvalue weighted by Crippen LogP contribution is -2.03. The zero-order chi connectivity index (χ0) is 14.7. The maximum absolute atomic E-state index is 5.66. The summed E-state index contributed by atoms with van der Waals surface area (Å²) in [7, 11) is 0. The Labute approximate surface area is 124 Å². The quantitative estimate of drug-likeness (QED) is 0.758. The van der Waals surface area contributed by atoms with Crippen LogP contribution in [0.5, 0.6) is 5.75 Å². The van der Waals surface area contributed by atoms with Crippen LogP contribution in [0.2, 0.25) is 0 Å². The van der Waals surface area contributed by atoms with E-state index in [0.717, 1.165) is 29.4 Å². The van der Waals surface area contributed by atoms with Gasteiger partial charge in [0.05, 0.1) is 12.3 Å². The molecule has 0 bridgehead atoms. The largest absolute Gasteiger partial charge is 0.491 e. The molecular weight excluding hydrogens is 266 g/mol. The van der Waals surface area contributed by atoms with Crippen LogP contribution in [0.15, 0.2) is 34.9 Å². The van der Waals surface area contributed by atoms with Crippen molar-refractivity contribution in [3.05, 3.63) is 47.3 Å². The zero-order valence-electron chi connectivity index (χ0n) is 12.3. The van der Waals surface area contributed by atoms with Crippen molar-refractivity contribution in [1.29, 1.82) is 0 Å². The van der Waals surface area contributed by atoms with Gasteiger partial charge in [0.25, 0.3) is 0 Å². The lowest BCUT2D eigenvalue weighted by atomic mass is 10.1. The molecule has 2 heterocycles. The Kier molecular flexibility index (Phi) is 4.06. The molecule has 1 saturated heterocycles. The zero-order valence-corrected chi connectivity index (χ0v) is 12.3. The van der Waals surface area contributed by atoms with Gasteiger partial charge in [-0.2, -0.15) is 0 Å². The summed E-state index contributed by atoms with van der Waals surface area (Å²) in [6.07, 6.45) is 4.18. The van der Waals surface area contributed by atoms with E-state index < -0.39 is 0 Å². The lowest BCUT2D eigenvalue weighted by molar-refractivity contribution is 0.263. The first-order chi connectivity index (χ1) is 10.2. The normalized spacial score (nSPS) is 17.6. The van der Waals surface area contributed by atoms with Crippen LogP contribution in [0.4, 0.5) is 0 Å². The van der Waals surface area contributed by atoms with E-state index in [4.69, 9.17) is 14.0 Å². The van der Waals surface area contributed by atoms with Gasteiger partial charge in [0.1, 0.15) is 18.5 Å². The molecule has 0 amide bonds. The molecule has 1 atom stereocenters. The third-order valence-corrected chi connectivity index (χ3v) is 3.27. The smallest absolute Gasteiger partial charge is 0.159 e. The molecule has 1 fully saturated rings. The Hall–Kier alpha value is -2.07. The summed E-state index contributed by atoms with van der Waals surface area (Å²) in [6, 6.07) is 9.91. The van der Waals surface area contributed by atoms with E-state index in [9.17, 15) is 0 Å². The van der Waals surface area contributed by atoms with E-state index in [0.29, 0.717) is 12.5 Å². The van der Waals surface area contributed by atoms with Gasteiger partial charge in [-0.05, 0) is 29.7 Å². The fraction of sp³-hybridized carbons (Fsp3) is 0.353. The molecule has 2 aromatic rings. The predicted octanol–water partition coefficient (Wildman–Crippen LogP) is 3.75. The molecule has 0 spiro atoms. The molecule has 0 aliphatic carbocycles. The monoisotopic (exact) mass is 285 g/mol. The van der Waals surface area contributed by atoms with E-state index in [1.54, 1.807) is 0 Å². The molecule has 1 aliphatic heterocycles. The summed E-state index contributed by atoms with van der Waals surface area (Å²) in [6.45, 7) is 5.61. The third kappa shape index (κ3) is 3.95. The van der Waals surface area contributed by atoms with Crippen LogP contribution < -0.4 is 4.74 Å². The molecule has 0 N–H and O–H groups in total. The maximum atomic E-state index is 5.66. The number of benzene rings is 1. The summed E-state index contributed by atoms with van der Waals surface area (Å²) in [5, 5.41) is 4.04. The molecule has 0 radical (unpaired) electrons. The van der Waals surface area contributed by atoms with E-state index in [1.165, 1.54) is 0 Å². The molecule has 1 unspecified atom stereocenters. The summed E-state index contributed by atoms with van der Waals surface area (Å²) in [5.74, 6) is 1.99. The van der Waals surface area contributed by atoms with Crippen molar-refractivity contribution in [2.75, 3.05) is 13.2 Å². The lowest BCUT2D eigenvalue weighted by Gasteiger charge is -2.04. The number of ether oxygens (including phenoxy) is 2. The van der Waals surface area contributed by atoms with E-state index >= 15 is 0 Å². The second-order valence-corrected chi connectivity index (χ2v) is 5.48. The molecule has 4 heteroatoms. The number of epoxide rings is 1. The fourth-order valence-electron chi connectivity index (χ4n) is 1.89. The predicted molar refractivity (Wildman–Crippen MR) is 81.2 cm³/mol. The number of aromatic nitrogens is 1. The van der Waals surface area contributed by atoms with Crippen LogP contribution in [0.3, 0.4) is 0 Å². The van der Waals surface area contributed by atoms with Crippen molar-refractivity contribution in [2.45, 2.75) is 25.9 Å². The van der Waals surface area contributed by atoms with Gasteiger partial charge in [-0.3, -0.25) is 0 Å². The Morgan fingerprint density at radius 3 is 2.90 bits per heavy atom. The number of rotatable bonds is 6. The van der Waals surface area contributed by atoms with E-state index in [2.05, 4.69) is 19.0 Å². The number of nitrogens with zero attached hydrogens (tertiary/aromatic N) is 1. The topological polar surface area (TPSA) is 47.8 Å². The molecule has 1 aromatic carbocycles. The van der Waals surface area contributed by atoms with Crippen molar-refractivity contribution in [2.24, 2.45) is 0 Å². The molecule has 4 nitrogen and oxygen atoms in total. The first kappa shape index (κ1) is 13.9. The van der Waals surface area contributed by atoms with Gasteiger partial charge >= 0.3 is 0 Å². The second-order valence-electron chi connectivity index (χ2n) is 5.48. The van der Waals surface area contributed by atoms with E-state index in [1.807, 2.05) is 42.5 Å². The molecule has 1 aliphatic rings. The highest BCUT2D eigenvalue weighted by molar-refractivity contribution is 5.68. The van der Waals surface area contributed by atoms with Gasteiger partial charge in [-0.25, -0.2) is 0 Å². The standard InChI is InChI=1S/C17H19NO3/c1-12(2)17-9-15(21-18-17)7-6-13-4-3-5-14(8-13)19-10-16-11-20-16/h3-9,12,16H,10-11H2,1-2H3/b7-6+. The second kappa shape index (κ2) is 6.14. The maximum Gasteiger partial charge on any atom is 0.159 e. The molecular formula is C17H19NO3. The van der Waals surface area contributed by atoms with Gasteiger partial charge in [0.15, 0.2) is 5.76 Å². The minimum atomic E-state index is 0.271. The summed E-state index contributed by atoms with van der Waals surface area (Å²) < 4.78 is 16.1. The van der Waals surface area contributed by atoms with Crippen molar-refractivity contribution < 1.29 is 14.0 Å². The van der Waals surface area contributed by atoms with Gasteiger partial charge < -0.3 is 14.0 Å². The highest BCUT2D eigenvalue weighted by Gasteiger charge is 2.22. The minimum Gasteiger partial charge on any atom is -0.491 e. The minimum absolute atomic E-state index is 0.271. The number of hydrogen-bond acceptors (Lipinski definition) is 4. The highest BCUT2D eigenvalue weighted by atomic mass is 16.6. The average Bonchev–Trinajstić information content (AvgIpc) is 3.19. The first-order valence-corrected chi connectivity index (χ1v) is 7.20. The molecule has 0 saturated carbocycles. The highest BCUT2D eigenvalue weighted by Crippen LogP contribution is 2.19.